The summed E-state index contributed by atoms with van der Waals surface area (Å²) in [5, 5.41) is 19.0. The van der Waals surface area contributed by atoms with Gasteiger partial charge in [-0.3, -0.25) is 33.0 Å². The average molecular weight is 1230 g/mol. The molecule has 23 nitrogen and oxygen atoms in total. The number of likely N-dealkylation sites (tertiary alicyclic amines) is 1. The van der Waals surface area contributed by atoms with Crippen LogP contribution in [0.4, 0.5) is 5.69 Å². The molecule has 466 valence electrons. The van der Waals surface area contributed by atoms with Gasteiger partial charge in [-0.2, -0.15) is 0 Å². The molecule has 3 unspecified atom stereocenters. The van der Waals surface area contributed by atoms with Crippen molar-refractivity contribution in [2.24, 2.45) is 19.5 Å². The summed E-state index contributed by atoms with van der Waals surface area (Å²) in [7, 11) is 2.86. The minimum atomic E-state index is -4.36. The van der Waals surface area contributed by atoms with Gasteiger partial charge in [0.05, 0.1) is 90.1 Å². The Labute approximate surface area is 506 Å². The number of rotatable bonds is 32. The van der Waals surface area contributed by atoms with Gasteiger partial charge < -0.3 is 59.3 Å². The predicted octanol–water partition coefficient (Wildman–Crippen LogP) is 6.00. The van der Waals surface area contributed by atoms with E-state index in [-0.39, 0.29) is 93.3 Å². The fourth-order valence-electron chi connectivity index (χ4n) is 9.46. The number of nitrogens with one attached hydrogen (secondary N) is 4. The Morgan fingerprint density at radius 2 is 1.49 bits per heavy atom. The number of ether oxygens (including phenoxy) is 6. The van der Waals surface area contributed by atoms with Crippen LogP contribution in [0, 0.1) is 12.3 Å². The molecule has 0 aliphatic carbocycles. The predicted molar refractivity (Wildman–Crippen MR) is 327 cm³/mol. The molecule has 3 heterocycles. The van der Waals surface area contributed by atoms with E-state index in [1.54, 1.807) is 76.0 Å². The molecule has 0 saturated carbocycles. The first kappa shape index (κ1) is 66.1. The molecular formula is C61H81N9O14S2. The molecule has 2 aromatic heterocycles. The van der Waals surface area contributed by atoms with Gasteiger partial charge in [0.25, 0.3) is 15.9 Å². The lowest BCUT2D eigenvalue weighted by Gasteiger charge is -2.35. The normalized spacial score (nSPS) is 14.8. The number of aliphatic hydroxyl groups is 1. The summed E-state index contributed by atoms with van der Waals surface area (Å²) in [4.78, 5) is 75.5. The maximum absolute atomic E-state index is 14.1. The summed E-state index contributed by atoms with van der Waals surface area (Å²) >= 11 is 1.56. The number of unbranched alkanes of at least 4 members (excludes halogenated alkanes) is 1. The molecule has 1 aliphatic rings. The number of benzene rings is 4. The molecule has 25 heteroatoms. The molecule has 0 bridgehead atoms. The summed E-state index contributed by atoms with van der Waals surface area (Å²) < 4.78 is 68.9. The number of carbonyl (C=O) groups excluding carboxylic acids is 4. The number of aryl methyl sites for hydroxylation is 3. The minimum Gasteiger partial charge on any atom is -0.493 e. The standard InChI is InChI=1S/C61H81N9O14S2/c1-10-22-82-45-31-46(83-23-12-11-21-67(6)7)33-47(32-45)84-53-35-51-50(68(8)60(76)69(51)9)34-49(53)66-86(77,78)48-15-13-14-43(29-48)57(73)62-20-24-79-25-26-80-27-28-81-38-54(72)65-56(61(3,4)5)59(75)70-37-44(71)30-52(70)58(74)63-36-41-16-18-42(19-17-41)55-40(2)64-39-85-55/h13-19,29,31-35,39,44,52,56,66,71H,10-12,20-28,30,36-38H2,1-9H3,(H,62,73)(H,63,74)(H,65,72). The number of β-amino-alcohol motifs (C(OH)–C–C–N with tert-alkyl or cyclic N) is 1. The zero-order valence-corrected chi connectivity index (χ0v) is 52.1. The highest BCUT2D eigenvalue weighted by Crippen LogP contribution is 2.38. The van der Waals surface area contributed by atoms with Crippen LogP contribution in [-0.2, 0) is 59.3 Å². The van der Waals surface area contributed by atoms with Crippen molar-refractivity contribution in [1.29, 1.82) is 0 Å². The fourth-order valence-corrected chi connectivity index (χ4v) is 11.4. The molecule has 4 aromatic carbocycles. The maximum Gasteiger partial charge on any atom is 0.328 e. The molecule has 1 fully saturated rings. The van der Waals surface area contributed by atoms with Crippen LogP contribution in [0.15, 0.2) is 94.1 Å². The summed E-state index contributed by atoms with van der Waals surface area (Å²) in [6, 6.07) is 19.6. The smallest absolute Gasteiger partial charge is 0.328 e. The number of hydrogen-bond acceptors (Lipinski definition) is 17. The van der Waals surface area contributed by atoms with Gasteiger partial charge in [-0.25, -0.2) is 18.2 Å². The molecule has 3 atom stereocenters. The second kappa shape index (κ2) is 30.8. The topological polar surface area (TPSA) is 272 Å². The highest BCUT2D eigenvalue weighted by molar-refractivity contribution is 7.92. The third-order valence-electron chi connectivity index (χ3n) is 14.1. The first-order valence-electron chi connectivity index (χ1n) is 28.6. The van der Waals surface area contributed by atoms with Gasteiger partial charge in [0.1, 0.15) is 35.9 Å². The van der Waals surface area contributed by atoms with Crippen LogP contribution in [0.3, 0.4) is 0 Å². The Kier molecular flexibility index (Phi) is 23.7. The second-order valence-corrected chi connectivity index (χ2v) is 24.8. The van der Waals surface area contributed by atoms with Gasteiger partial charge in [0.15, 0.2) is 5.75 Å². The molecule has 0 spiro atoms. The number of hydrogen-bond donors (Lipinski definition) is 5. The number of amides is 4. The van der Waals surface area contributed by atoms with E-state index in [4.69, 9.17) is 28.4 Å². The number of carbonyl (C=O) groups is 4. The van der Waals surface area contributed by atoms with E-state index in [9.17, 15) is 37.5 Å². The Balaban J connectivity index is 0.836. The van der Waals surface area contributed by atoms with Crippen molar-refractivity contribution in [3.63, 3.8) is 0 Å². The Morgan fingerprint density at radius 3 is 2.15 bits per heavy atom. The third-order valence-corrected chi connectivity index (χ3v) is 16.4. The summed E-state index contributed by atoms with van der Waals surface area (Å²) in [5.74, 6) is -0.559. The molecule has 86 heavy (non-hydrogen) atoms. The maximum atomic E-state index is 14.1. The van der Waals surface area contributed by atoms with Crippen molar-refractivity contribution in [3.8, 4) is 33.4 Å². The van der Waals surface area contributed by atoms with Crippen LogP contribution in [0.25, 0.3) is 21.5 Å². The third kappa shape index (κ3) is 18.3. The van der Waals surface area contributed by atoms with E-state index in [1.165, 1.54) is 44.4 Å². The quantitative estimate of drug-likeness (QED) is 0.0303. The number of thiazole rings is 1. The van der Waals surface area contributed by atoms with Crippen LogP contribution >= 0.6 is 11.3 Å². The van der Waals surface area contributed by atoms with Crippen LogP contribution in [-0.4, -0.2) is 166 Å². The van der Waals surface area contributed by atoms with E-state index < -0.39 is 57.3 Å². The van der Waals surface area contributed by atoms with Crippen molar-refractivity contribution in [2.45, 2.75) is 89.9 Å². The van der Waals surface area contributed by atoms with E-state index >= 15 is 0 Å². The molecule has 1 saturated heterocycles. The van der Waals surface area contributed by atoms with Crippen LogP contribution in [0.5, 0.6) is 23.0 Å². The highest BCUT2D eigenvalue weighted by atomic mass is 32.2. The summed E-state index contributed by atoms with van der Waals surface area (Å²) in [6.07, 6.45) is 1.68. The Morgan fingerprint density at radius 1 is 0.826 bits per heavy atom. The first-order chi connectivity index (χ1) is 41.0. The number of aromatic nitrogens is 3. The number of fused-ring (bicyclic) bond motifs is 1. The molecular weight excluding hydrogens is 1150 g/mol. The van der Waals surface area contributed by atoms with Crippen molar-refractivity contribution >= 4 is 61.7 Å². The van der Waals surface area contributed by atoms with Gasteiger partial charge in [-0.15, -0.1) is 11.3 Å². The molecule has 6 aromatic rings. The van der Waals surface area contributed by atoms with Gasteiger partial charge >= 0.3 is 5.69 Å². The van der Waals surface area contributed by atoms with Crippen LogP contribution < -0.4 is 40.6 Å². The van der Waals surface area contributed by atoms with Gasteiger partial charge in [0, 0.05) is 70.0 Å². The lowest BCUT2D eigenvalue weighted by molar-refractivity contribution is -0.144. The number of anilines is 1. The second-order valence-electron chi connectivity index (χ2n) is 22.3. The largest absolute Gasteiger partial charge is 0.493 e. The Bertz CT molecular complexity index is 3450. The SMILES string of the molecule is CCCOc1cc(OCCCCN(C)C)cc(Oc2cc3c(cc2NS(=O)(=O)c2cccc(C(=O)NCCOCCOCCOCC(=O)NC(C(=O)N4CC(O)CC4C(=O)NCc4ccc(-c5scnc5C)cc4)C(C)(C)C)c2)n(C)c(=O)n3C)c1. The monoisotopic (exact) mass is 1230 g/mol. The molecule has 1 aliphatic heterocycles. The van der Waals surface area contributed by atoms with Crippen molar-refractivity contribution < 1.29 is 61.1 Å². The number of imidazole rings is 1. The Hall–Kier alpha value is -7.39. The average Bonchev–Trinajstić information content (AvgIpc) is 1.75. The highest BCUT2D eigenvalue weighted by Gasteiger charge is 2.44. The molecule has 5 N–H and O–H groups in total. The van der Waals surface area contributed by atoms with Crippen molar-refractivity contribution in [1.82, 2.24) is 39.9 Å². The van der Waals surface area contributed by atoms with E-state index in [2.05, 4.69) is 30.6 Å². The molecule has 7 rings (SSSR count). The summed E-state index contributed by atoms with van der Waals surface area (Å²) in [5.41, 5.74) is 4.61. The van der Waals surface area contributed by atoms with Gasteiger partial charge in [-0.1, -0.05) is 58.0 Å². The van der Waals surface area contributed by atoms with E-state index in [0.717, 1.165) is 47.5 Å². The lowest BCUT2D eigenvalue weighted by atomic mass is 9.85. The van der Waals surface area contributed by atoms with Gasteiger partial charge in [0.2, 0.25) is 17.7 Å². The molecule has 4 amide bonds. The lowest BCUT2D eigenvalue weighted by Crippen LogP contribution is -2.58. The summed E-state index contributed by atoms with van der Waals surface area (Å²) in [6.45, 7) is 11.7. The minimum absolute atomic E-state index is 0.0349. The number of nitrogens with zero attached hydrogens (tertiary/aromatic N) is 5. The van der Waals surface area contributed by atoms with Gasteiger partial charge in [-0.05, 0) is 87.6 Å². The zero-order valence-electron chi connectivity index (χ0n) is 50.4. The van der Waals surface area contributed by atoms with E-state index in [0.29, 0.717) is 41.5 Å². The van der Waals surface area contributed by atoms with Crippen molar-refractivity contribution in [2.75, 3.05) is 91.3 Å². The number of aliphatic hydroxyl groups excluding tert-OH is 1. The zero-order chi connectivity index (χ0) is 62.1. The first-order valence-corrected chi connectivity index (χ1v) is 31.0. The van der Waals surface area contributed by atoms with Crippen LogP contribution in [0.1, 0.15) is 75.0 Å². The van der Waals surface area contributed by atoms with Crippen LogP contribution in [0.2, 0.25) is 0 Å². The number of sulfonamides is 1. The molecule has 0 radical (unpaired) electrons. The van der Waals surface area contributed by atoms with Crippen molar-refractivity contribution in [3.05, 3.63) is 112 Å². The fraction of sp³-hybridized carbons (Fsp3) is 0.475. The van der Waals surface area contributed by atoms with E-state index in [1.807, 2.05) is 52.2 Å².